The van der Waals surface area contributed by atoms with E-state index in [2.05, 4.69) is 94.4 Å². The molecule has 0 saturated carbocycles. The summed E-state index contributed by atoms with van der Waals surface area (Å²) in [6.07, 6.45) is 3.76. The summed E-state index contributed by atoms with van der Waals surface area (Å²) in [6, 6.07) is 34.3. The molecule has 198 valence electrons. The third-order valence-corrected chi connectivity index (χ3v) is 8.16. The number of aromatic nitrogens is 4. The molecule has 2 aromatic carbocycles. The third kappa shape index (κ3) is 4.42. The van der Waals surface area contributed by atoms with Crippen LogP contribution in [0.3, 0.4) is 0 Å². The van der Waals surface area contributed by atoms with E-state index in [1.165, 1.54) is 33.4 Å². The van der Waals surface area contributed by atoms with E-state index in [-0.39, 0.29) is 5.41 Å². The molecule has 1 aliphatic rings. The minimum absolute atomic E-state index is 0.140. The van der Waals surface area contributed by atoms with Crippen molar-refractivity contribution in [2.24, 2.45) is 0 Å². The summed E-state index contributed by atoms with van der Waals surface area (Å²) in [5.41, 5.74) is 15.3. The minimum Gasteiger partial charge on any atom is -0.255 e. The molecule has 0 saturated heterocycles. The summed E-state index contributed by atoms with van der Waals surface area (Å²) in [5.74, 6) is 0. The lowest BCUT2D eigenvalue weighted by Crippen LogP contribution is -2.15. The highest BCUT2D eigenvalue weighted by Gasteiger charge is 2.35. The number of benzene rings is 2. The first kappa shape index (κ1) is 25.0. The molecule has 41 heavy (non-hydrogen) atoms. The molecule has 0 bridgehead atoms. The number of fused-ring (bicyclic) bond motifs is 3. The topological polar surface area (TPSA) is 51.6 Å². The fraction of sp³-hybridized carbons (Fsp3) is 0.135. The number of hydrogen-bond donors (Lipinski definition) is 0. The van der Waals surface area contributed by atoms with E-state index >= 15 is 0 Å². The predicted octanol–water partition coefficient (Wildman–Crippen LogP) is 8.86. The Morgan fingerprint density at radius 1 is 0.463 bits per heavy atom. The monoisotopic (exact) mass is 530 g/mol. The lowest BCUT2D eigenvalue weighted by atomic mass is 9.81. The second kappa shape index (κ2) is 9.60. The number of aryl methyl sites for hydroxylation is 2. The maximum atomic E-state index is 4.68. The summed E-state index contributed by atoms with van der Waals surface area (Å²) < 4.78 is 0. The Morgan fingerprint density at radius 2 is 0.902 bits per heavy atom. The average Bonchev–Trinajstić information content (AvgIpc) is 3.22. The maximum absolute atomic E-state index is 4.68. The second-order valence-electron chi connectivity index (χ2n) is 11.3. The standard InChI is InChI=1S/C37H30N4/c1-23-7-5-9-33(40-23)35-21-27(15-17-38-35)25-11-13-29-30-14-12-26(20-32(30)37(3,4)31(29)19-25)28-16-18-39-36(22-28)34-10-6-8-24(2)41-34/h5-22H,1-4H3. The van der Waals surface area contributed by atoms with Crippen molar-refractivity contribution in [1.82, 2.24) is 19.9 Å². The summed E-state index contributed by atoms with van der Waals surface area (Å²) in [7, 11) is 0. The zero-order chi connectivity index (χ0) is 28.1. The van der Waals surface area contributed by atoms with Crippen LogP contribution >= 0.6 is 0 Å². The molecule has 4 aromatic heterocycles. The largest absolute Gasteiger partial charge is 0.255 e. The second-order valence-corrected chi connectivity index (χ2v) is 11.3. The number of nitrogens with zero attached hydrogens (tertiary/aromatic N) is 4. The van der Waals surface area contributed by atoms with Crippen molar-refractivity contribution in [1.29, 1.82) is 0 Å². The van der Waals surface area contributed by atoms with Crippen LogP contribution in [-0.2, 0) is 5.41 Å². The van der Waals surface area contributed by atoms with E-state index in [4.69, 9.17) is 0 Å². The van der Waals surface area contributed by atoms with Gasteiger partial charge in [0.05, 0.1) is 22.8 Å². The number of rotatable bonds is 4. The van der Waals surface area contributed by atoms with E-state index in [1.54, 1.807) is 0 Å². The van der Waals surface area contributed by atoms with Crippen molar-refractivity contribution in [2.75, 3.05) is 0 Å². The molecule has 0 unspecified atom stereocenters. The summed E-state index contributed by atoms with van der Waals surface area (Å²) in [5, 5.41) is 0. The first-order valence-electron chi connectivity index (χ1n) is 14.0. The molecule has 0 N–H and O–H groups in total. The molecule has 4 nitrogen and oxygen atoms in total. The Labute approximate surface area is 240 Å². The Bertz CT molecular complexity index is 1810. The quantitative estimate of drug-likeness (QED) is 0.228. The highest BCUT2D eigenvalue weighted by molar-refractivity contribution is 5.86. The van der Waals surface area contributed by atoms with Crippen LogP contribution in [0.4, 0.5) is 0 Å². The van der Waals surface area contributed by atoms with Crippen molar-refractivity contribution in [2.45, 2.75) is 33.1 Å². The van der Waals surface area contributed by atoms with Crippen LogP contribution in [0, 0.1) is 13.8 Å². The van der Waals surface area contributed by atoms with Crippen LogP contribution in [0.15, 0.2) is 109 Å². The van der Waals surface area contributed by atoms with Gasteiger partial charge in [0, 0.05) is 29.2 Å². The van der Waals surface area contributed by atoms with Gasteiger partial charge in [-0.3, -0.25) is 19.9 Å². The molecule has 1 aliphatic carbocycles. The molecule has 0 atom stereocenters. The SMILES string of the molecule is Cc1cccc(-c2cc(-c3ccc4c(c3)C(C)(C)c3cc(-c5ccnc(-c6cccc(C)n6)c5)ccc3-4)ccn2)n1. The van der Waals surface area contributed by atoms with Crippen molar-refractivity contribution in [3.8, 4) is 56.2 Å². The normalized spacial score (nSPS) is 13.1. The van der Waals surface area contributed by atoms with Crippen molar-refractivity contribution < 1.29 is 0 Å². The average molecular weight is 531 g/mol. The van der Waals surface area contributed by atoms with E-state index in [0.717, 1.165) is 45.3 Å². The molecule has 6 aromatic rings. The van der Waals surface area contributed by atoms with Crippen LogP contribution in [0.25, 0.3) is 56.2 Å². The van der Waals surface area contributed by atoms with Gasteiger partial charge in [0.25, 0.3) is 0 Å². The fourth-order valence-electron chi connectivity index (χ4n) is 5.97. The predicted molar refractivity (Wildman–Crippen MR) is 166 cm³/mol. The molecule has 0 fully saturated rings. The first-order valence-corrected chi connectivity index (χ1v) is 14.0. The Morgan fingerprint density at radius 3 is 1.34 bits per heavy atom. The molecular formula is C37H30N4. The smallest absolute Gasteiger partial charge is 0.0892 e. The van der Waals surface area contributed by atoms with Crippen LogP contribution < -0.4 is 0 Å². The lowest BCUT2D eigenvalue weighted by Gasteiger charge is -2.22. The van der Waals surface area contributed by atoms with E-state index in [0.29, 0.717) is 0 Å². The van der Waals surface area contributed by atoms with Crippen LogP contribution in [0.5, 0.6) is 0 Å². The molecule has 7 rings (SSSR count). The molecule has 4 heterocycles. The van der Waals surface area contributed by atoms with Crippen molar-refractivity contribution in [3.63, 3.8) is 0 Å². The number of hydrogen-bond acceptors (Lipinski definition) is 4. The van der Waals surface area contributed by atoms with Crippen LogP contribution in [0.1, 0.15) is 36.4 Å². The lowest BCUT2D eigenvalue weighted by molar-refractivity contribution is 0.661. The van der Waals surface area contributed by atoms with Gasteiger partial charge >= 0.3 is 0 Å². The van der Waals surface area contributed by atoms with Gasteiger partial charge < -0.3 is 0 Å². The van der Waals surface area contributed by atoms with Gasteiger partial charge in [-0.1, -0.05) is 50.2 Å². The van der Waals surface area contributed by atoms with Gasteiger partial charge in [0.1, 0.15) is 0 Å². The molecule has 0 amide bonds. The van der Waals surface area contributed by atoms with Crippen LogP contribution in [0.2, 0.25) is 0 Å². The zero-order valence-electron chi connectivity index (χ0n) is 23.7. The minimum atomic E-state index is -0.140. The first-order chi connectivity index (χ1) is 19.9. The molecule has 0 spiro atoms. The Hall–Kier alpha value is -4.96. The van der Waals surface area contributed by atoms with Gasteiger partial charge in [-0.15, -0.1) is 0 Å². The van der Waals surface area contributed by atoms with E-state index < -0.39 is 0 Å². The van der Waals surface area contributed by atoms with Crippen molar-refractivity contribution >= 4 is 0 Å². The van der Waals surface area contributed by atoms with Crippen molar-refractivity contribution in [3.05, 3.63) is 132 Å². The molecule has 4 heteroatoms. The molecular weight excluding hydrogens is 500 g/mol. The third-order valence-electron chi connectivity index (χ3n) is 8.16. The maximum Gasteiger partial charge on any atom is 0.0892 e. The van der Waals surface area contributed by atoms with Gasteiger partial charge in [0.15, 0.2) is 0 Å². The Kier molecular flexibility index (Phi) is 5.86. The van der Waals surface area contributed by atoms with Gasteiger partial charge in [-0.2, -0.15) is 0 Å². The Balaban J connectivity index is 1.25. The number of pyridine rings is 4. The summed E-state index contributed by atoms with van der Waals surface area (Å²) in [4.78, 5) is 18.6. The van der Waals surface area contributed by atoms with Crippen LogP contribution in [-0.4, -0.2) is 19.9 Å². The van der Waals surface area contributed by atoms with Gasteiger partial charge in [-0.25, -0.2) is 0 Å². The van der Waals surface area contributed by atoms with E-state index in [1.807, 2.05) is 62.6 Å². The van der Waals surface area contributed by atoms with Gasteiger partial charge in [0.2, 0.25) is 0 Å². The molecule has 0 aliphatic heterocycles. The summed E-state index contributed by atoms with van der Waals surface area (Å²) in [6.45, 7) is 8.67. The van der Waals surface area contributed by atoms with E-state index in [9.17, 15) is 0 Å². The fourth-order valence-corrected chi connectivity index (χ4v) is 5.97. The highest BCUT2D eigenvalue weighted by atomic mass is 14.8. The summed E-state index contributed by atoms with van der Waals surface area (Å²) >= 11 is 0. The zero-order valence-corrected chi connectivity index (χ0v) is 23.7. The highest BCUT2D eigenvalue weighted by Crippen LogP contribution is 2.50. The van der Waals surface area contributed by atoms with Gasteiger partial charge in [-0.05, 0) is 119 Å². The molecule has 0 radical (unpaired) electrons.